The average Bonchev–Trinajstić information content (AvgIpc) is 3.40. The summed E-state index contributed by atoms with van der Waals surface area (Å²) in [5, 5.41) is 10.6. The number of hydrogen-bond donors (Lipinski definition) is 2. The van der Waals surface area contributed by atoms with E-state index in [9.17, 15) is 22.8 Å². The second-order valence-electron chi connectivity index (χ2n) is 10.0. The molecule has 14 heteroatoms. The number of benzene rings is 3. The molecule has 226 valence electrons. The first kappa shape index (κ1) is 28.7. The van der Waals surface area contributed by atoms with Crippen molar-refractivity contribution in [3.63, 3.8) is 0 Å². The van der Waals surface area contributed by atoms with Crippen molar-refractivity contribution in [2.45, 2.75) is 18.8 Å². The van der Waals surface area contributed by atoms with Gasteiger partial charge in [0.2, 0.25) is 11.9 Å². The van der Waals surface area contributed by atoms with Gasteiger partial charge in [-0.1, -0.05) is 30.3 Å². The number of rotatable bonds is 6. The van der Waals surface area contributed by atoms with Gasteiger partial charge in [-0.05, 0) is 48.0 Å². The Bertz CT molecular complexity index is 1830. The largest absolute Gasteiger partial charge is 0.497 e. The molecule has 0 bridgehead atoms. The van der Waals surface area contributed by atoms with E-state index >= 15 is 0 Å². The minimum absolute atomic E-state index is 0.00309. The lowest BCUT2D eigenvalue weighted by Gasteiger charge is -2.23. The van der Waals surface area contributed by atoms with Gasteiger partial charge in [-0.2, -0.15) is 17.7 Å². The van der Waals surface area contributed by atoms with Crippen LogP contribution in [0.25, 0.3) is 27.9 Å². The van der Waals surface area contributed by atoms with E-state index in [4.69, 9.17) is 9.47 Å². The predicted molar refractivity (Wildman–Crippen MR) is 154 cm³/mol. The zero-order chi connectivity index (χ0) is 30.8. The highest BCUT2D eigenvalue weighted by Gasteiger charge is 2.32. The summed E-state index contributed by atoms with van der Waals surface area (Å²) in [6.45, 7) is 0.330. The number of ether oxygens (including phenoxy) is 2. The lowest BCUT2D eigenvalue weighted by atomic mass is 10.1. The Morgan fingerprint density at radius 2 is 1.84 bits per heavy atom. The first-order valence-corrected chi connectivity index (χ1v) is 13.6. The Labute approximate surface area is 248 Å². The van der Waals surface area contributed by atoms with E-state index in [0.29, 0.717) is 16.7 Å². The first-order chi connectivity index (χ1) is 21.2. The minimum atomic E-state index is -4.60. The quantitative estimate of drug-likeness (QED) is 0.290. The summed E-state index contributed by atoms with van der Waals surface area (Å²) in [6, 6.07) is 18.2. The molecule has 0 spiro atoms. The minimum Gasteiger partial charge on any atom is -0.497 e. The number of hydrogen-bond acceptors (Lipinski definition) is 8. The van der Waals surface area contributed by atoms with Gasteiger partial charge in [-0.3, -0.25) is 4.79 Å². The summed E-state index contributed by atoms with van der Waals surface area (Å²) in [5.41, 5.74) is 0.767. The van der Waals surface area contributed by atoms with Crippen molar-refractivity contribution in [3.8, 4) is 17.1 Å². The van der Waals surface area contributed by atoms with Crippen molar-refractivity contribution in [2.75, 3.05) is 32.1 Å². The summed E-state index contributed by atoms with van der Waals surface area (Å²) in [5.74, 6) is 0.441. The van der Waals surface area contributed by atoms with Crippen LogP contribution in [0.3, 0.4) is 0 Å². The van der Waals surface area contributed by atoms with Crippen molar-refractivity contribution < 1.29 is 32.2 Å². The van der Waals surface area contributed by atoms with Crippen molar-refractivity contribution in [1.29, 1.82) is 0 Å². The van der Waals surface area contributed by atoms with E-state index in [-0.39, 0.29) is 49.2 Å². The maximum atomic E-state index is 13.6. The normalized spacial score (nSPS) is 15.6. The molecule has 0 unspecified atom stereocenters. The molecular formula is C30H26F3N7O4. The molecule has 1 aliphatic rings. The molecular weight excluding hydrogens is 579 g/mol. The van der Waals surface area contributed by atoms with E-state index < -0.39 is 29.8 Å². The summed E-state index contributed by atoms with van der Waals surface area (Å²) in [6.07, 6.45) is -5.22. The zero-order valence-electron chi connectivity index (χ0n) is 23.3. The number of halogens is 3. The van der Waals surface area contributed by atoms with Crippen LogP contribution in [-0.4, -0.2) is 69.3 Å². The SMILES string of the molecule is COc1ccc(-c2nc3c4ccc(C(F)(F)F)cc4nc(N[C@@H]4CN(C(=O)OCc5ccccc5)CCNC4=O)n3n2)cc1. The average molecular weight is 606 g/mol. The molecule has 3 aromatic carbocycles. The van der Waals surface area contributed by atoms with Gasteiger partial charge in [-0.15, -0.1) is 5.10 Å². The van der Waals surface area contributed by atoms with Crippen molar-refractivity contribution >= 4 is 34.5 Å². The predicted octanol–water partition coefficient (Wildman–Crippen LogP) is 4.52. The van der Waals surface area contributed by atoms with Crippen LogP contribution in [0.5, 0.6) is 5.75 Å². The number of nitrogens with zero attached hydrogens (tertiary/aromatic N) is 5. The van der Waals surface area contributed by atoms with Gasteiger partial charge < -0.3 is 25.0 Å². The smallest absolute Gasteiger partial charge is 0.416 e. The van der Waals surface area contributed by atoms with Crippen LogP contribution in [0.2, 0.25) is 0 Å². The van der Waals surface area contributed by atoms with Gasteiger partial charge in [0.05, 0.1) is 24.7 Å². The summed E-state index contributed by atoms with van der Waals surface area (Å²) in [7, 11) is 1.54. The number of alkyl halides is 3. The second kappa shape index (κ2) is 11.7. The molecule has 2 amide bonds. The fourth-order valence-electron chi connectivity index (χ4n) is 4.82. The summed E-state index contributed by atoms with van der Waals surface area (Å²) < 4.78 is 52.8. The molecule has 1 atom stereocenters. The number of anilines is 1. The van der Waals surface area contributed by atoms with E-state index in [1.54, 1.807) is 24.3 Å². The zero-order valence-corrected chi connectivity index (χ0v) is 23.3. The van der Waals surface area contributed by atoms with E-state index in [1.165, 1.54) is 22.6 Å². The molecule has 5 aromatic rings. The van der Waals surface area contributed by atoms with Crippen molar-refractivity contribution in [1.82, 2.24) is 29.8 Å². The maximum absolute atomic E-state index is 13.6. The third kappa shape index (κ3) is 5.91. The Morgan fingerprint density at radius 1 is 1.07 bits per heavy atom. The van der Waals surface area contributed by atoms with Crippen LogP contribution in [0.1, 0.15) is 11.1 Å². The molecule has 3 heterocycles. The number of methoxy groups -OCH3 is 1. The van der Waals surface area contributed by atoms with Gasteiger partial charge >= 0.3 is 12.3 Å². The number of fused-ring (bicyclic) bond motifs is 3. The number of carbonyl (C=O) groups excluding carboxylic acids is 2. The van der Waals surface area contributed by atoms with E-state index in [0.717, 1.165) is 17.7 Å². The molecule has 2 aromatic heterocycles. The fourth-order valence-corrected chi connectivity index (χ4v) is 4.82. The number of aromatic nitrogens is 4. The molecule has 0 aliphatic carbocycles. The van der Waals surface area contributed by atoms with Crippen LogP contribution >= 0.6 is 0 Å². The molecule has 1 fully saturated rings. The number of nitrogens with one attached hydrogen (secondary N) is 2. The monoisotopic (exact) mass is 605 g/mol. The Balaban J connectivity index is 1.35. The van der Waals surface area contributed by atoms with Gasteiger partial charge in [0, 0.05) is 24.0 Å². The highest BCUT2D eigenvalue weighted by molar-refractivity contribution is 5.94. The van der Waals surface area contributed by atoms with Crippen molar-refractivity contribution in [3.05, 3.63) is 83.9 Å². The Hall–Kier alpha value is -5.40. The molecule has 0 radical (unpaired) electrons. The lowest BCUT2D eigenvalue weighted by molar-refractivity contribution is -0.137. The first-order valence-electron chi connectivity index (χ1n) is 13.6. The third-order valence-corrected chi connectivity index (χ3v) is 7.12. The standard InChI is InChI=1S/C30H26F3N7O4/c1-43-21-10-7-19(8-11-21)25-37-26-22-12-9-20(30(31,32)33)15-23(22)35-28(40(26)38-25)36-24-16-39(14-13-34-27(24)41)29(42)44-17-18-5-3-2-4-6-18/h2-12,15,24H,13-14,16-17H2,1H3,(H,34,41)(H,35,36)/t24-/m1/s1. The molecule has 0 saturated carbocycles. The molecule has 1 saturated heterocycles. The van der Waals surface area contributed by atoms with Gasteiger partial charge in [0.15, 0.2) is 11.5 Å². The molecule has 6 rings (SSSR count). The number of carbonyl (C=O) groups is 2. The fraction of sp³-hybridized carbons (Fsp3) is 0.233. The third-order valence-electron chi connectivity index (χ3n) is 7.12. The van der Waals surface area contributed by atoms with Crippen molar-refractivity contribution in [2.24, 2.45) is 0 Å². The molecule has 2 N–H and O–H groups in total. The Morgan fingerprint density at radius 3 is 2.57 bits per heavy atom. The highest BCUT2D eigenvalue weighted by atomic mass is 19.4. The van der Waals surface area contributed by atoms with Crippen LogP contribution in [0, 0.1) is 0 Å². The molecule has 1 aliphatic heterocycles. The van der Waals surface area contributed by atoms with Gasteiger partial charge in [0.1, 0.15) is 18.4 Å². The highest BCUT2D eigenvalue weighted by Crippen LogP contribution is 2.33. The lowest BCUT2D eigenvalue weighted by Crippen LogP contribution is -2.44. The van der Waals surface area contributed by atoms with Crippen LogP contribution in [0.4, 0.5) is 23.9 Å². The van der Waals surface area contributed by atoms with Crippen LogP contribution in [-0.2, 0) is 22.3 Å². The Kier molecular flexibility index (Phi) is 7.64. The van der Waals surface area contributed by atoms with E-state index in [1.807, 2.05) is 30.3 Å². The molecule has 44 heavy (non-hydrogen) atoms. The van der Waals surface area contributed by atoms with Crippen LogP contribution in [0.15, 0.2) is 72.8 Å². The maximum Gasteiger partial charge on any atom is 0.416 e. The summed E-state index contributed by atoms with van der Waals surface area (Å²) in [4.78, 5) is 36.4. The van der Waals surface area contributed by atoms with Gasteiger partial charge in [-0.25, -0.2) is 14.8 Å². The summed E-state index contributed by atoms with van der Waals surface area (Å²) >= 11 is 0. The number of amides is 2. The molecule has 11 nitrogen and oxygen atoms in total. The topological polar surface area (TPSA) is 123 Å². The van der Waals surface area contributed by atoms with Crippen LogP contribution < -0.4 is 15.4 Å². The van der Waals surface area contributed by atoms with E-state index in [2.05, 4.69) is 25.7 Å². The van der Waals surface area contributed by atoms with Gasteiger partial charge in [0.25, 0.3) is 0 Å². The second-order valence-corrected chi connectivity index (χ2v) is 10.0.